The molecule has 0 aromatic heterocycles. The third kappa shape index (κ3) is 3.10. The molecule has 2 amide bonds. The van der Waals surface area contributed by atoms with Gasteiger partial charge in [-0.2, -0.15) is 0 Å². The Labute approximate surface area is 167 Å². The minimum absolute atomic E-state index is 0.140. The van der Waals surface area contributed by atoms with E-state index in [9.17, 15) is 9.59 Å². The first kappa shape index (κ1) is 17.1. The van der Waals surface area contributed by atoms with Crippen LogP contribution in [0.2, 0.25) is 0 Å². The van der Waals surface area contributed by atoms with Crippen molar-refractivity contribution in [2.45, 2.75) is 6.42 Å². The smallest absolute Gasteiger partial charge is 0.257 e. The average molecular weight is 380 g/mol. The van der Waals surface area contributed by atoms with E-state index in [1.807, 2.05) is 60.7 Å². The molecule has 2 aromatic rings. The first-order valence-corrected chi connectivity index (χ1v) is 9.26. The quantitative estimate of drug-likeness (QED) is 0.839. The predicted octanol–water partition coefficient (Wildman–Crippen LogP) is 3.09. The van der Waals surface area contributed by atoms with Gasteiger partial charge in [0.25, 0.3) is 11.8 Å². The minimum atomic E-state index is -0.140. The molecule has 3 aliphatic rings. The van der Waals surface area contributed by atoms with Gasteiger partial charge in [-0.1, -0.05) is 48.6 Å². The largest absolute Gasteiger partial charge is 0.306 e. The van der Waals surface area contributed by atoms with Gasteiger partial charge in [-0.05, 0) is 30.7 Å². The molecule has 0 unspecified atom stereocenters. The molecule has 2 aromatic carbocycles. The number of nitrogens with one attached hydrogen (secondary N) is 2. The highest BCUT2D eigenvalue weighted by molar-refractivity contribution is 6.24. The molecular formula is C23H16N4O2. The summed E-state index contributed by atoms with van der Waals surface area (Å²) >= 11 is 0. The second-order valence-corrected chi connectivity index (χ2v) is 6.75. The summed E-state index contributed by atoms with van der Waals surface area (Å²) in [6.45, 7) is 0. The number of hydrogen-bond donors (Lipinski definition) is 2. The van der Waals surface area contributed by atoms with Crippen molar-refractivity contribution >= 4 is 23.5 Å². The SMILES string of the molecule is O=C1NC(=NC2=CCC=C(N=C3NC(=O)c4ccccc43)C=C2)c2ccccc21. The van der Waals surface area contributed by atoms with E-state index in [0.29, 0.717) is 29.2 Å². The lowest BCUT2D eigenvalue weighted by Crippen LogP contribution is -2.21. The maximum atomic E-state index is 12.1. The molecule has 2 aliphatic heterocycles. The van der Waals surface area contributed by atoms with Gasteiger partial charge in [-0.15, -0.1) is 0 Å². The molecule has 140 valence electrons. The van der Waals surface area contributed by atoms with E-state index < -0.39 is 0 Å². The molecule has 0 saturated heterocycles. The fourth-order valence-corrected chi connectivity index (χ4v) is 3.47. The van der Waals surface area contributed by atoms with Crippen LogP contribution in [0.15, 0.2) is 94.2 Å². The average Bonchev–Trinajstić information content (AvgIpc) is 3.12. The third-order valence-electron chi connectivity index (χ3n) is 4.88. The zero-order chi connectivity index (χ0) is 19.8. The van der Waals surface area contributed by atoms with Crippen LogP contribution in [0.1, 0.15) is 38.3 Å². The maximum Gasteiger partial charge on any atom is 0.257 e. The molecule has 0 bridgehead atoms. The molecular weight excluding hydrogens is 364 g/mol. The van der Waals surface area contributed by atoms with Gasteiger partial charge in [-0.3, -0.25) is 9.59 Å². The number of rotatable bonds is 2. The Balaban J connectivity index is 1.40. The highest BCUT2D eigenvalue weighted by Crippen LogP contribution is 2.21. The molecule has 29 heavy (non-hydrogen) atoms. The highest BCUT2D eigenvalue weighted by Gasteiger charge is 2.25. The lowest BCUT2D eigenvalue weighted by Gasteiger charge is -2.00. The summed E-state index contributed by atoms with van der Waals surface area (Å²) in [6.07, 6.45) is 8.27. The van der Waals surface area contributed by atoms with Gasteiger partial charge in [0, 0.05) is 11.1 Å². The summed E-state index contributed by atoms with van der Waals surface area (Å²) in [7, 11) is 0. The van der Waals surface area contributed by atoms with Crippen molar-refractivity contribution in [2.24, 2.45) is 9.98 Å². The van der Waals surface area contributed by atoms with Gasteiger partial charge < -0.3 is 10.6 Å². The fraction of sp³-hybridized carbons (Fsp3) is 0.0435. The van der Waals surface area contributed by atoms with Crippen LogP contribution >= 0.6 is 0 Å². The van der Waals surface area contributed by atoms with E-state index in [1.54, 1.807) is 12.1 Å². The second-order valence-electron chi connectivity index (χ2n) is 6.75. The summed E-state index contributed by atoms with van der Waals surface area (Å²) in [5.41, 5.74) is 4.33. The summed E-state index contributed by atoms with van der Waals surface area (Å²) in [4.78, 5) is 33.3. The van der Waals surface area contributed by atoms with E-state index in [1.165, 1.54) is 0 Å². The van der Waals surface area contributed by atoms with Crippen molar-refractivity contribution in [1.82, 2.24) is 10.6 Å². The maximum absolute atomic E-state index is 12.1. The van der Waals surface area contributed by atoms with Gasteiger partial charge >= 0.3 is 0 Å². The number of carbonyl (C=O) groups excluding carboxylic acids is 2. The first-order valence-electron chi connectivity index (χ1n) is 9.26. The van der Waals surface area contributed by atoms with Crippen LogP contribution in [0.3, 0.4) is 0 Å². The number of amides is 2. The molecule has 0 radical (unpaired) electrons. The van der Waals surface area contributed by atoms with Crippen LogP contribution < -0.4 is 10.6 Å². The van der Waals surface area contributed by atoms with Crippen molar-refractivity contribution in [3.05, 3.63) is 106 Å². The number of hydrogen-bond acceptors (Lipinski definition) is 4. The normalized spacial score (nSPS) is 20.0. The molecule has 6 nitrogen and oxygen atoms in total. The number of fused-ring (bicyclic) bond motifs is 2. The number of benzene rings is 2. The predicted molar refractivity (Wildman–Crippen MR) is 111 cm³/mol. The molecule has 2 N–H and O–H groups in total. The van der Waals surface area contributed by atoms with Crippen LogP contribution in [-0.2, 0) is 0 Å². The molecule has 0 saturated carbocycles. The monoisotopic (exact) mass is 380 g/mol. The van der Waals surface area contributed by atoms with Crippen molar-refractivity contribution in [2.75, 3.05) is 0 Å². The number of allylic oxidation sites excluding steroid dienone is 4. The highest BCUT2D eigenvalue weighted by atomic mass is 16.2. The van der Waals surface area contributed by atoms with Crippen LogP contribution in [0.25, 0.3) is 0 Å². The van der Waals surface area contributed by atoms with Gasteiger partial charge in [0.05, 0.1) is 22.5 Å². The Kier molecular flexibility index (Phi) is 4.02. The van der Waals surface area contributed by atoms with Crippen molar-refractivity contribution < 1.29 is 9.59 Å². The molecule has 2 heterocycles. The van der Waals surface area contributed by atoms with Gasteiger partial charge in [0.15, 0.2) is 0 Å². The molecule has 0 spiro atoms. The van der Waals surface area contributed by atoms with Crippen LogP contribution in [0.4, 0.5) is 0 Å². The van der Waals surface area contributed by atoms with Gasteiger partial charge in [0.1, 0.15) is 11.7 Å². The first-order chi connectivity index (χ1) is 14.2. The van der Waals surface area contributed by atoms with E-state index in [4.69, 9.17) is 0 Å². The van der Waals surface area contributed by atoms with Gasteiger partial charge in [0.2, 0.25) is 0 Å². The molecule has 0 fully saturated rings. The lowest BCUT2D eigenvalue weighted by atomic mass is 10.1. The Morgan fingerprint density at radius 1 is 0.621 bits per heavy atom. The van der Waals surface area contributed by atoms with Crippen molar-refractivity contribution in [3.8, 4) is 0 Å². The summed E-state index contributed by atoms with van der Waals surface area (Å²) in [6, 6.07) is 14.8. The van der Waals surface area contributed by atoms with E-state index in [0.717, 1.165) is 22.5 Å². The minimum Gasteiger partial charge on any atom is -0.306 e. The van der Waals surface area contributed by atoms with E-state index >= 15 is 0 Å². The second kappa shape index (κ2) is 6.83. The fourth-order valence-electron chi connectivity index (χ4n) is 3.47. The number of aliphatic imine (C=N–C) groups is 2. The molecule has 1 aliphatic carbocycles. The Hall–Kier alpha value is -4.06. The molecule has 0 atom stereocenters. The Morgan fingerprint density at radius 3 is 1.48 bits per heavy atom. The van der Waals surface area contributed by atoms with Gasteiger partial charge in [-0.25, -0.2) is 9.98 Å². The van der Waals surface area contributed by atoms with Crippen LogP contribution in [0, 0.1) is 0 Å². The number of nitrogens with zero attached hydrogens (tertiary/aromatic N) is 2. The van der Waals surface area contributed by atoms with E-state index in [2.05, 4.69) is 20.6 Å². The summed E-state index contributed by atoms with van der Waals surface area (Å²) in [5.74, 6) is 0.818. The standard InChI is InChI=1S/C23H16N4O2/c28-22-18-10-3-1-8-16(18)20(26-22)24-14-6-5-7-15(13-12-14)25-21-17-9-2-4-11-19(17)23(29)27-21/h1-4,6-13H,5H2,(H,24,26,28)(H,25,27,29). The Morgan fingerprint density at radius 2 is 1.03 bits per heavy atom. The zero-order valence-corrected chi connectivity index (χ0v) is 15.3. The lowest BCUT2D eigenvalue weighted by molar-refractivity contribution is 0.0975. The van der Waals surface area contributed by atoms with Crippen LogP contribution in [0.5, 0.6) is 0 Å². The third-order valence-corrected chi connectivity index (χ3v) is 4.88. The van der Waals surface area contributed by atoms with Crippen molar-refractivity contribution in [1.29, 1.82) is 0 Å². The Bertz CT molecular complexity index is 1120. The number of carbonyl (C=O) groups is 2. The van der Waals surface area contributed by atoms with Crippen LogP contribution in [-0.4, -0.2) is 23.5 Å². The number of amidine groups is 2. The van der Waals surface area contributed by atoms with E-state index in [-0.39, 0.29) is 11.8 Å². The topological polar surface area (TPSA) is 82.9 Å². The van der Waals surface area contributed by atoms with Crippen molar-refractivity contribution in [3.63, 3.8) is 0 Å². The summed E-state index contributed by atoms with van der Waals surface area (Å²) in [5, 5.41) is 5.63. The summed E-state index contributed by atoms with van der Waals surface area (Å²) < 4.78 is 0. The molecule has 5 rings (SSSR count). The zero-order valence-electron chi connectivity index (χ0n) is 15.3. The molecule has 6 heteroatoms.